The first-order chi connectivity index (χ1) is 14.3. The lowest BCUT2D eigenvalue weighted by molar-refractivity contribution is -0.00000584. The van der Waals surface area contributed by atoms with Crippen molar-refractivity contribution in [3.05, 3.63) is 115 Å². The first kappa shape index (κ1) is 22.0. The predicted molar refractivity (Wildman–Crippen MR) is 126 cm³/mol. The summed E-state index contributed by atoms with van der Waals surface area (Å²) in [5.74, 6) is 0. The van der Waals surface area contributed by atoms with Crippen LogP contribution in [-0.4, -0.2) is 6.16 Å². The van der Waals surface area contributed by atoms with Gasteiger partial charge in [-0.15, -0.1) is 0 Å². The molecule has 0 aliphatic rings. The van der Waals surface area contributed by atoms with E-state index >= 15 is 0 Å². The normalized spacial score (nSPS) is 10.7. The van der Waals surface area contributed by atoms with Crippen LogP contribution >= 0.6 is 7.26 Å². The van der Waals surface area contributed by atoms with E-state index in [1.165, 1.54) is 21.5 Å². The van der Waals surface area contributed by atoms with Crippen LogP contribution in [0.3, 0.4) is 0 Å². The van der Waals surface area contributed by atoms with Crippen LogP contribution in [0.1, 0.15) is 12.5 Å². The Balaban J connectivity index is 0.00000256. The van der Waals surface area contributed by atoms with E-state index in [2.05, 4.69) is 110 Å². The summed E-state index contributed by atoms with van der Waals surface area (Å²) < 4.78 is 0. The van der Waals surface area contributed by atoms with Gasteiger partial charge in [0, 0.05) is 5.56 Å². The van der Waals surface area contributed by atoms with Crippen molar-refractivity contribution in [2.45, 2.75) is 6.92 Å². The van der Waals surface area contributed by atoms with E-state index in [-0.39, 0.29) is 17.0 Å². The van der Waals surface area contributed by atoms with E-state index in [1.54, 1.807) is 0 Å². The molecule has 0 fully saturated rings. The van der Waals surface area contributed by atoms with Crippen molar-refractivity contribution in [1.29, 1.82) is 5.26 Å². The number of nitrogens with zero attached hydrogens (tertiary/aromatic N) is 1. The fourth-order valence-corrected chi connectivity index (χ4v) is 8.35. The highest BCUT2D eigenvalue weighted by Crippen LogP contribution is 2.56. The molecule has 0 spiro atoms. The molecule has 0 aliphatic carbocycles. The highest BCUT2D eigenvalue weighted by Gasteiger charge is 2.45. The number of benzene rings is 4. The van der Waals surface area contributed by atoms with Gasteiger partial charge in [-0.25, -0.2) is 0 Å². The predicted octanol–water partition coefficient (Wildman–Crippen LogP) is 2.54. The minimum atomic E-state index is -1.82. The maximum Gasteiger partial charge on any atom is 0.112 e. The van der Waals surface area contributed by atoms with E-state index < -0.39 is 7.26 Å². The zero-order valence-corrected chi connectivity index (χ0v) is 19.4. The minimum Gasteiger partial charge on any atom is -1.00 e. The van der Waals surface area contributed by atoms with Gasteiger partial charge >= 0.3 is 0 Å². The van der Waals surface area contributed by atoms with Gasteiger partial charge in [0.25, 0.3) is 0 Å². The quantitative estimate of drug-likeness (QED) is 0.410. The second-order valence-electron chi connectivity index (χ2n) is 7.00. The zero-order chi connectivity index (χ0) is 20.1. The Hall–Kier alpha value is -2.72. The van der Waals surface area contributed by atoms with Crippen molar-refractivity contribution in [3.8, 4) is 17.2 Å². The Labute approximate surface area is 190 Å². The molecule has 0 atom stereocenters. The topological polar surface area (TPSA) is 23.8 Å². The smallest absolute Gasteiger partial charge is 0.112 e. The van der Waals surface area contributed by atoms with Gasteiger partial charge in [-0.05, 0) is 55.0 Å². The van der Waals surface area contributed by atoms with E-state index in [9.17, 15) is 5.26 Å². The molecule has 4 aromatic rings. The monoisotopic (exact) mass is 471 g/mol. The lowest BCUT2D eigenvalue weighted by Gasteiger charge is -2.28. The SMILES string of the molecule is CC[P+](c1ccccc1)(c1ccccc1)c1ccccc1-c1ccc(C#N)cc1.[Br-]. The second-order valence-corrected chi connectivity index (χ2v) is 10.8. The third kappa shape index (κ3) is 3.97. The molecule has 0 amide bonds. The summed E-state index contributed by atoms with van der Waals surface area (Å²) in [6.07, 6.45) is 1.05. The molecule has 3 heteroatoms. The van der Waals surface area contributed by atoms with E-state index in [0.717, 1.165) is 11.7 Å². The summed E-state index contributed by atoms with van der Waals surface area (Å²) in [6, 6.07) is 40.8. The van der Waals surface area contributed by atoms with Crippen molar-refractivity contribution in [3.63, 3.8) is 0 Å². The lowest BCUT2D eigenvalue weighted by Crippen LogP contribution is -3.00. The average Bonchev–Trinajstić information content (AvgIpc) is 2.82. The van der Waals surface area contributed by atoms with Crippen LogP contribution in [0.2, 0.25) is 0 Å². The third-order valence-electron chi connectivity index (χ3n) is 5.51. The maximum atomic E-state index is 9.17. The maximum absolute atomic E-state index is 9.17. The van der Waals surface area contributed by atoms with Crippen molar-refractivity contribution in [1.82, 2.24) is 0 Å². The molecule has 148 valence electrons. The molecule has 0 saturated heterocycles. The fraction of sp³-hybridized carbons (Fsp3) is 0.0741. The van der Waals surface area contributed by atoms with Crippen LogP contribution in [0.4, 0.5) is 0 Å². The Morgan fingerprint density at radius 3 is 1.67 bits per heavy atom. The van der Waals surface area contributed by atoms with Crippen molar-refractivity contribution in [2.75, 3.05) is 6.16 Å². The van der Waals surface area contributed by atoms with Crippen LogP contribution in [0, 0.1) is 11.3 Å². The molecule has 0 aromatic heterocycles. The minimum absolute atomic E-state index is 0. The molecule has 4 rings (SSSR count). The molecule has 0 heterocycles. The lowest BCUT2D eigenvalue weighted by atomic mass is 10.0. The van der Waals surface area contributed by atoms with Crippen LogP contribution in [-0.2, 0) is 0 Å². The highest BCUT2D eigenvalue weighted by atomic mass is 79.9. The molecular weight excluding hydrogens is 449 g/mol. The van der Waals surface area contributed by atoms with E-state index in [1.807, 2.05) is 12.1 Å². The summed E-state index contributed by atoms with van der Waals surface area (Å²) >= 11 is 0. The number of halogens is 1. The molecule has 0 radical (unpaired) electrons. The average molecular weight is 472 g/mol. The Bertz CT molecular complexity index is 1090. The molecule has 4 aromatic carbocycles. The third-order valence-corrected chi connectivity index (χ3v) is 10.0. The van der Waals surface area contributed by atoms with Gasteiger partial charge in [0.2, 0.25) is 0 Å². The molecule has 0 unspecified atom stereocenters. The van der Waals surface area contributed by atoms with Gasteiger partial charge in [-0.3, -0.25) is 0 Å². The zero-order valence-electron chi connectivity index (χ0n) is 16.9. The molecule has 0 N–H and O–H groups in total. The number of rotatable bonds is 5. The van der Waals surface area contributed by atoms with Gasteiger partial charge in [0.15, 0.2) is 0 Å². The van der Waals surface area contributed by atoms with Gasteiger partial charge < -0.3 is 17.0 Å². The summed E-state index contributed by atoms with van der Waals surface area (Å²) in [5, 5.41) is 13.4. The molecule has 0 saturated carbocycles. The highest BCUT2D eigenvalue weighted by molar-refractivity contribution is 7.95. The Kier molecular flexibility index (Phi) is 7.22. The van der Waals surface area contributed by atoms with Crippen molar-refractivity contribution in [2.24, 2.45) is 0 Å². The Morgan fingerprint density at radius 2 is 1.17 bits per heavy atom. The summed E-state index contributed by atoms with van der Waals surface area (Å²) in [7, 11) is -1.82. The number of hydrogen-bond acceptors (Lipinski definition) is 1. The molecule has 30 heavy (non-hydrogen) atoms. The van der Waals surface area contributed by atoms with Gasteiger partial charge in [0.05, 0.1) is 17.8 Å². The largest absolute Gasteiger partial charge is 1.00 e. The van der Waals surface area contributed by atoms with Gasteiger partial charge in [-0.2, -0.15) is 5.26 Å². The van der Waals surface area contributed by atoms with Crippen LogP contribution in [0.25, 0.3) is 11.1 Å². The second kappa shape index (κ2) is 9.86. The number of hydrogen-bond donors (Lipinski definition) is 0. The number of nitriles is 1. The Morgan fingerprint density at radius 1 is 0.667 bits per heavy atom. The van der Waals surface area contributed by atoms with Crippen molar-refractivity contribution < 1.29 is 17.0 Å². The van der Waals surface area contributed by atoms with Gasteiger partial charge in [-0.1, -0.05) is 66.7 Å². The first-order valence-electron chi connectivity index (χ1n) is 9.89. The fourth-order valence-electron chi connectivity index (χ4n) is 4.10. The molecule has 1 nitrogen and oxygen atoms in total. The van der Waals surface area contributed by atoms with Crippen LogP contribution in [0.15, 0.2) is 109 Å². The van der Waals surface area contributed by atoms with Crippen LogP contribution in [0.5, 0.6) is 0 Å². The van der Waals surface area contributed by atoms with Gasteiger partial charge in [0.1, 0.15) is 23.2 Å². The van der Waals surface area contributed by atoms with Crippen LogP contribution < -0.4 is 32.9 Å². The summed E-state index contributed by atoms with van der Waals surface area (Å²) in [5.41, 5.74) is 3.10. The van der Waals surface area contributed by atoms with E-state index in [4.69, 9.17) is 0 Å². The molecular formula is C27H23BrNP. The first-order valence-corrected chi connectivity index (χ1v) is 11.9. The molecule has 0 bridgehead atoms. The molecule has 0 aliphatic heterocycles. The van der Waals surface area contributed by atoms with E-state index in [0.29, 0.717) is 5.56 Å². The summed E-state index contributed by atoms with van der Waals surface area (Å²) in [6.45, 7) is 2.31. The standard InChI is InChI=1S/C27H23NP.BrH/c1-2-29(24-11-5-3-6-12-24,25-13-7-4-8-14-25)27-16-10-9-15-26(27)23-19-17-22(21-28)18-20-23;/h3-20H,2H2,1H3;1H/q+1;/p-1. The van der Waals surface area contributed by atoms with Crippen molar-refractivity contribution >= 4 is 23.2 Å². The summed E-state index contributed by atoms with van der Waals surface area (Å²) in [4.78, 5) is 0.